The summed E-state index contributed by atoms with van der Waals surface area (Å²) in [5.74, 6) is -0.890. The van der Waals surface area contributed by atoms with Crippen LogP contribution in [0.1, 0.15) is 25.3 Å². The van der Waals surface area contributed by atoms with Gasteiger partial charge in [-0.15, -0.1) is 0 Å². The molecular weight excluding hydrogens is 487 g/mol. The average Bonchev–Trinajstić information content (AvgIpc) is 2.77. The Kier molecular flexibility index (Phi) is 8.26. The molecule has 1 aliphatic heterocycles. The van der Waals surface area contributed by atoms with Crippen molar-refractivity contribution in [3.63, 3.8) is 0 Å². The van der Waals surface area contributed by atoms with Gasteiger partial charge in [0.05, 0.1) is 23.1 Å². The first kappa shape index (κ1) is 25.3. The molecule has 0 N–H and O–H groups in total. The number of aryl methyl sites for hydroxylation is 1. The minimum atomic E-state index is -4.08. The molecule has 0 atom stereocenters. The number of piperidine rings is 1. The van der Waals surface area contributed by atoms with Crippen LogP contribution < -0.4 is 4.31 Å². The standard InChI is InChI=1S/C23H26Cl2N2O5S/c1-3-32-23(29)17-8-10-26(11-9-17)22(28)15-27(20-13-18(24)12-19(25)14-20)33(30,31)21-6-4-16(2)5-7-21/h4-7,12-14,17H,3,8-11,15H2,1-2H3. The van der Waals surface area contributed by atoms with Crippen molar-refractivity contribution in [1.82, 2.24) is 4.90 Å². The number of ether oxygens (including phenoxy) is 1. The van der Waals surface area contributed by atoms with Gasteiger partial charge in [0.1, 0.15) is 6.54 Å². The van der Waals surface area contributed by atoms with Crippen molar-refractivity contribution < 1.29 is 22.7 Å². The van der Waals surface area contributed by atoms with Crippen molar-refractivity contribution in [1.29, 1.82) is 0 Å². The lowest BCUT2D eigenvalue weighted by Gasteiger charge is -2.33. The van der Waals surface area contributed by atoms with Crippen LogP contribution in [-0.4, -0.2) is 51.4 Å². The minimum absolute atomic E-state index is 0.0537. The van der Waals surface area contributed by atoms with Crippen LogP contribution in [0.25, 0.3) is 0 Å². The maximum Gasteiger partial charge on any atom is 0.309 e. The van der Waals surface area contributed by atoms with Crippen LogP contribution in [0.2, 0.25) is 10.0 Å². The fourth-order valence-electron chi connectivity index (χ4n) is 3.68. The first-order chi connectivity index (χ1) is 15.6. The molecule has 1 aliphatic rings. The molecule has 33 heavy (non-hydrogen) atoms. The fourth-order valence-corrected chi connectivity index (χ4v) is 5.60. The highest BCUT2D eigenvalue weighted by atomic mass is 35.5. The molecule has 178 valence electrons. The van der Waals surface area contributed by atoms with E-state index in [0.717, 1.165) is 9.87 Å². The van der Waals surface area contributed by atoms with Gasteiger partial charge in [0, 0.05) is 23.1 Å². The second-order valence-electron chi connectivity index (χ2n) is 7.86. The molecule has 0 aromatic heterocycles. The highest BCUT2D eigenvalue weighted by molar-refractivity contribution is 7.92. The molecule has 1 amide bonds. The largest absolute Gasteiger partial charge is 0.466 e. The third-order valence-corrected chi connectivity index (χ3v) is 7.72. The van der Waals surface area contributed by atoms with Crippen LogP contribution in [0.5, 0.6) is 0 Å². The number of carbonyl (C=O) groups excluding carboxylic acids is 2. The Labute approximate surface area is 204 Å². The van der Waals surface area contributed by atoms with Crippen LogP contribution in [-0.2, 0) is 24.3 Å². The summed E-state index contributed by atoms with van der Waals surface area (Å²) in [7, 11) is -4.08. The zero-order valence-electron chi connectivity index (χ0n) is 18.5. The van der Waals surface area contributed by atoms with E-state index in [9.17, 15) is 18.0 Å². The number of benzene rings is 2. The van der Waals surface area contributed by atoms with Gasteiger partial charge in [-0.25, -0.2) is 8.42 Å². The summed E-state index contributed by atoms with van der Waals surface area (Å²) in [5.41, 5.74) is 1.11. The predicted octanol–water partition coefficient (Wildman–Crippen LogP) is 4.30. The second-order valence-corrected chi connectivity index (χ2v) is 10.6. The lowest BCUT2D eigenvalue weighted by atomic mass is 9.97. The van der Waals surface area contributed by atoms with Gasteiger partial charge in [-0.2, -0.15) is 0 Å². The number of nitrogens with zero attached hydrogens (tertiary/aromatic N) is 2. The van der Waals surface area contributed by atoms with Crippen molar-refractivity contribution in [3.05, 3.63) is 58.1 Å². The monoisotopic (exact) mass is 512 g/mol. The van der Waals surface area contributed by atoms with Gasteiger partial charge >= 0.3 is 5.97 Å². The number of hydrogen-bond acceptors (Lipinski definition) is 5. The summed E-state index contributed by atoms with van der Waals surface area (Å²) in [6.07, 6.45) is 0.941. The molecule has 0 aliphatic carbocycles. The molecule has 10 heteroatoms. The Morgan fingerprint density at radius 2 is 1.64 bits per heavy atom. The topological polar surface area (TPSA) is 84.0 Å². The number of rotatable bonds is 7. The summed E-state index contributed by atoms with van der Waals surface area (Å²) in [6, 6.07) is 10.8. The first-order valence-corrected chi connectivity index (χ1v) is 12.8. The summed E-state index contributed by atoms with van der Waals surface area (Å²) >= 11 is 12.2. The van der Waals surface area contributed by atoms with Crippen LogP contribution in [0.15, 0.2) is 47.4 Å². The fraction of sp³-hybridized carbons (Fsp3) is 0.391. The Morgan fingerprint density at radius 3 is 2.18 bits per heavy atom. The number of carbonyl (C=O) groups is 2. The van der Waals surface area contributed by atoms with Gasteiger partial charge < -0.3 is 9.64 Å². The highest BCUT2D eigenvalue weighted by Crippen LogP contribution is 2.30. The van der Waals surface area contributed by atoms with Crippen molar-refractivity contribution >= 4 is 50.8 Å². The summed E-state index contributed by atoms with van der Waals surface area (Å²) in [6.45, 7) is 4.19. The summed E-state index contributed by atoms with van der Waals surface area (Å²) in [5, 5.41) is 0.508. The molecule has 1 heterocycles. The quantitative estimate of drug-likeness (QED) is 0.516. The Bertz CT molecular complexity index is 1090. The number of amides is 1. The molecule has 0 spiro atoms. The van der Waals surface area contributed by atoms with Crippen LogP contribution in [0.3, 0.4) is 0 Å². The number of sulfonamides is 1. The predicted molar refractivity (Wildman–Crippen MR) is 128 cm³/mol. The maximum atomic E-state index is 13.5. The van der Waals surface area contributed by atoms with E-state index in [2.05, 4.69) is 0 Å². The lowest BCUT2D eigenvalue weighted by molar-refractivity contribution is -0.151. The summed E-state index contributed by atoms with van der Waals surface area (Å²) in [4.78, 5) is 26.7. The highest BCUT2D eigenvalue weighted by Gasteiger charge is 2.32. The van der Waals surface area contributed by atoms with E-state index in [1.54, 1.807) is 24.0 Å². The maximum absolute atomic E-state index is 13.5. The molecule has 1 saturated heterocycles. The van der Waals surface area contributed by atoms with Crippen molar-refractivity contribution in [3.8, 4) is 0 Å². The molecule has 2 aromatic rings. The third-order valence-electron chi connectivity index (χ3n) is 5.49. The number of halogens is 2. The molecule has 0 bridgehead atoms. The van der Waals surface area contributed by atoms with E-state index in [1.807, 2.05) is 6.92 Å². The van der Waals surface area contributed by atoms with Gasteiger partial charge in [-0.1, -0.05) is 40.9 Å². The van der Waals surface area contributed by atoms with Gasteiger partial charge in [0.15, 0.2) is 0 Å². The normalized spacial score (nSPS) is 14.7. The molecule has 0 radical (unpaired) electrons. The van der Waals surface area contributed by atoms with E-state index in [0.29, 0.717) is 32.5 Å². The van der Waals surface area contributed by atoms with Crippen molar-refractivity contribution in [2.24, 2.45) is 5.92 Å². The van der Waals surface area contributed by atoms with Crippen LogP contribution in [0, 0.1) is 12.8 Å². The molecule has 0 unspecified atom stereocenters. The minimum Gasteiger partial charge on any atom is -0.466 e. The number of esters is 1. The molecule has 1 fully saturated rings. The number of hydrogen-bond donors (Lipinski definition) is 0. The molecular formula is C23H26Cl2N2O5S. The second kappa shape index (κ2) is 10.8. The smallest absolute Gasteiger partial charge is 0.309 e. The van der Waals surface area contributed by atoms with Gasteiger partial charge in [0.25, 0.3) is 10.0 Å². The molecule has 3 rings (SSSR count). The van der Waals surface area contributed by atoms with Crippen molar-refractivity contribution in [2.75, 3.05) is 30.5 Å². The van der Waals surface area contributed by atoms with Crippen molar-refractivity contribution in [2.45, 2.75) is 31.6 Å². The Morgan fingerprint density at radius 1 is 1.06 bits per heavy atom. The first-order valence-electron chi connectivity index (χ1n) is 10.6. The van der Waals surface area contributed by atoms with Crippen LogP contribution >= 0.6 is 23.2 Å². The SMILES string of the molecule is CCOC(=O)C1CCN(C(=O)CN(c2cc(Cl)cc(Cl)c2)S(=O)(=O)c2ccc(C)cc2)CC1. The molecule has 0 saturated carbocycles. The zero-order valence-corrected chi connectivity index (χ0v) is 20.8. The van der Waals surface area contributed by atoms with E-state index >= 15 is 0 Å². The molecule has 7 nitrogen and oxygen atoms in total. The summed E-state index contributed by atoms with van der Waals surface area (Å²) < 4.78 is 33.1. The third kappa shape index (κ3) is 6.19. The van der Waals surface area contributed by atoms with Gasteiger partial charge in [-0.05, 0) is 57.0 Å². The van der Waals surface area contributed by atoms with E-state index < -0.39 is 16.6 Å². The average molecular weight is 513 g/mol. The lowest BCUT2D eigenvalue weighted by Crippen LogP contribution is -2.46. The Balaban J connectivity index is 1.85. The van der Waals surface area contributed by atoms with E-state index in [4.69, 9.17) is 27.9 Å². The van der Waals surface area contributed by atoms with E-state index in [-0.39, 0.29) is 38.4 Å². The van der Waals surface area contributed by atoms with Crippen LogP contribution in [0.4, 0.5) is 5.69 Å². The van der Waals surface area contributed by atoms with Gasteiger partial charge in [-0.3, -0.25) is 13.9 Å². The van der Waals surface area contributed by atoms with E-state index in [1.165, 1.54) is 30.3 Å². The van der Waals surface area contributed by atoms with Gasteiger partial charge in [0.2, 0.25) is 5.91 Å². The Hall–Kier alpha value is -2.29. The number of likely N-dealkylation sites (tertiary alicyclic amines) is 1. The zero-order chi connectivity index (χ0) is 24.2. The molecule has 2 aromatic carbocycles. The number of anilines is 1.